The summed E-state index contributed by atoms with van der Waals surface area (Å²) in [6.45, 7) is 2.93. The summed E-state index contributed by atoms with van der Waals surface area (Å²) in [5.41, 5.74) is -0.716. The Balaban J connectivity index is 2.65. The van der Waals surface area contributed by atoms with Gasteiger partial charge in [-0.3, -0.25) is 9.48 Å². The van der Waals surface area contributed by atoms with E-state index in [0.29, 0.717) is 5.69 Å². The maximum atomic E-state index is 11.3. The Kier molecular flexibility index (Phi) is 2.47. The molecule has 1 aromatic rings. The highest BCUT2D eigenvalue weighted by Gasteiger charge is 2.24. The second-order valence-electron chi connectivity index (χ2n) is 3.54. The first kappa shape index (κ1) is 9.85. The molecular weight excluding hydrogens is 170 g/mol. The van der Waals surface area contributed by atoms with Gasteiger partial charge in [-0.15, -0.1) is 5.10 Å². The Bertz CT molecular complexity index is 311. The second-order valence-corrected chi connectivity index (χ2v) is 3.54. The number of aliphatic hydroxyl groups is 1. The Hall–Kier alpha value is -1.23. The maximum Gasteiger partial charge on any atom is 0.169 e. The number of hydrogen-bond donors (Lipinski definition) is 1. The maximum absolute atomic E-state index is 11.3. The van der Waals surface area contributed by atoms with Crippen molar-refractivity contribution in [2.75, 3.05) is 0 Å². The van der Waals surface area contributed by atoms with E-state index in [-0.39, 0.29) is 12.2 Å². The first-order chi connectivity index (χ1) is 5.89. The summed E-state index contributed by atoms with van der Waals surface area (Å²) in [4.78, 5) is 11.3. The minimum atomic E-state index is -1.29. The summed E-state index contributed by atoms with van der Waals surface area (Å²) >= 11 is 0. The Morgan fingerprint density at radius 3 is 2.69 bits per heavy atom. The molecule has 72 valence electrons. The summed E-state index contributed by atoms with van der Waals surface area (Å²) < 4.78 is 1.52. The summed E-state index contributed by atoms with van der Waals surface area (Å²) in [7, 11) is 1.73. The van der Waals surface area contributed by atoms with Crippen molar-refractivity contribution in [3.63, 3.8) is 0 Å². The number of rotatable bonds is 3. The molecule has 0 aliphatic rings. The fourth-order valence-corrected chi connectivity index (χ4v) is 0.857. The molecule has 1 heterocycles. The number of aromatic nitrogens is 3. The highest BCUT2D eigenvalue weighted by atomic mass is 16.3. The average molecular weight is 183 g/mol. The van der Waals surface area contributed by atoms with Crippen LogP contribution < -0.4 is 0 Å². The average Bonchev–Trinajstić information content (AvgIpc) is 2.33. The SMILES string of the molecule is Cn1cc(CC(=O)C(C)(C)O)nn1. The Labute approximate surface area is 76.4 Å². The molecule has 13 heavy (non-hydrogen) atoms. The van der Waals surface area contributed by atoms with Gasteiger partial charge in [-0.05, 0) is 13.8 Å². The lowest BCUT2D eigenvalue weighted by molar-refractivity contribution is -0.133. The number of carbonyl (C=O) groups is 1. The van der Waals surface area contributed by atoms with Crippen molar-refractivity contribution in [2.45, 2.75) is 25.9 Å². The van der Waals surface area contributed by atoms with Crippen LogP contribution in [0.25, 0.3) is 0 Å². The number of carbonyl (C=O) groups excluding carboxylic acids is 1. The predicted molar refractivity (Wildman–Crippen MR) is 46.0 cm³/mol. The van der Waals surface area contributed by atoms with Crippen LogP contribution in [-0.2, 0) is 18.3 Å². The quantitative estimate of drug-likeness (QED) is 0.698. The number of nitrogens with zero attached hydrogens (tertiary/aromatic N) is 3. The standard InChI is InChI=1S/C8H13N3O2/c1-8(2,13)7(12)4-6-5-11(3)10-9-6/h5,13H,4H2,1-3H3. The Morgan fingerprint density at radius 1 is 1.69 bits per heavy atom. The van der Waals surface area contributed by atoms with Crippen LogP contribution in [0.3, 0.4) is 0 Å². The molecule has 0 saturated heterocycles. The summed E-state index contributed by atoms with van der Waals surface area (Å²) in [5, 5.41) is 16.8. The molecule has 0 aliphatic carbocycles. The zero-order valence-corrected chi connectivity index (χ0v) is 7.98. The van der Waals surface area contributed by atoms with E-state index in [1.807, 2.05) is 0 Å². The van der Waals surface area contributed by atoms with E-state index in [1.54, 1.807) is 13.2 Å². The van der Waals surface area contributed by atoms with Gasteiger partial charge in [-0.25, -0.2) is 0 Å². The molecular formula is C8H13N3O2. The van der Waals surface area contributed by atoms with Crippen molar-refractivity contribution in [1.82, 2.24) is 15.0 Å². The van der Waals surface area contributed by atoms with Crippen molar-refractivity contribution in [3.8, 4) is 0 Å². The van der Waals surface area contributed by atoms with E-state index in [0.717, 1.165) is 0 Å². The van der Waals surface area contributed by atoms with Crippen molar-refractivity contribution in [2.24, 2.45) is 7.05 Å². The van der Waals surface area contributed by atoms with Crippen LogP contribution in [0.2, 0.25) is 0 Å². The number of aryl methyl sites for hydroxylation is 1. The van der Waals surface area contributed by atoms with Crippen molar-refractivity contribution in [3.05, 3.63) is 11.9 Å². The molecule has 1 rings (SSSR count). The van der Waals surface area contributed by atoms with Crippen LogP contribution in [0, 0.1) is 0 Å². The van der Waals surface area contributed by atoms with Crippen LogP contribution in [0.15, 0.2) is 6.20 Å². The van der Waals surface area contributed by atoms with Gasteiger partial charge in [0.05, 0.1) is 12.1 Å². The van der Waals surface area contributed by atoms with Crippen LogP contribution in [0.5, 0.6) is 0 Å². The molecule has 0 aliphatic heterocycles. The summed E-state index contributed by atoms with van der Waals surface area (Å²) in [5.74, 6) is -0.256. The van der Waals surface area contributed by atoms with Gasteiger partial charge in [-0.1, -0.05) is 5.21 Å². The largest absolute Gasteiger partial charge is 0.383 e. The fraction of sp³-hybridized carbons (Fsp3) is 0.625. The molecule has 0 unspecified atom stereocenters. The third kappa shape index (κ3) is 2.62. The monoisotopic (exact) mass is 183 g/mol. The minimum absolute atomic E-state index is 0.122. The van der Waals surface area contributed by atoms with E-state index in [9.17, 15) is 9.90 Å². The molecule has 0 saturated carbocycles. The van der Waals surface area contributed by atoms with Gasteiger partial charge in [0, 0.05) is 13.2 Å². The summed E-state index contributed by atoms with van der Waals surface area (Å²) in [6.07, 6.45) is 1.78. The summed E-state index contributed by atoms with van der Waals surface area (Å²) in [6, 6.07) is 0. The lowest BCUT2D eigenvalue weighted by atomic mass is 10.0. The molecule has 1 N–H and O–H groups in total. The predicted octanol–water partition coefficient (Wildman–Crippen LogP) is -0.302. The van der Waals surface area contributed by atoms with Crippen LogP contribution in [-0.4, -0.2) is 31.5 Å². The first-order valence-electron chi connectivity index (χ1n) is 4.00. The Morgan fingerprint density at radius 2 is 2.31 bits per heavy atom. The van der Waals surface area contributed by atoms with Crippen molar-refractivity contribution in [1.29, 1.82) is 0 Å². The van der Waals surface area contributed by atoms with Gasteiger partial charge in [0.1, 0.15) is 5.60 Å². The first-order valence-corrected chi connectivity index (χ1v) is 4.00. The minimum Gasteiger partial charge on any atom is -0.383 e. The van der Waals surface area contributed by atoms with E-state index in [2.05, 4.69) is 10.3 Å². The van der Waals surface area contributed by atoms with E-state index in [1.165, 1.54) is 18.5 Å². The third-order valence-corrected chi connectivity index (χ3v) is 1.67. The van der Waals surface area contributed by atoms with Gasteiger partial charge >= 0.3 is 0 Å². The number of Topliss-reactive ketones (excluding diaryl/α,β-unsaturated/α-hetero) is 1. The lowest BCUT2D eigenvalue weighted by Gasteiger charge is -2.13. The second kappa shape index (κ2) is 3.26. The lowest BCUT2D eigenvalue weighted by Crippen LogP contribution is -2.32. The molecule has 0 fully saturated rings. The van der Waals surface area contributed by atoms with Crippen molar-refractivity contribution < 1.29 is 9.90 Å². The molecule has 1 aromatic heterocycles. The topological polar surface area (TPSA) is 68.0 Å². The third-order valence-electron chi connectivity index (χ3n) is 1.67. The van der Waals surface area contributed by atoms with Gasteiger partial charge in [0.2, 0.25) is 0 Å². The highest BCUT2D eigenvalue weighted by Crippen LogP contribution is 2.06. The number of hydrogen-bond acceptors (Lipinski definition) is 4. The van der Waals surface area contributed by atoms with Crippen LogP contribution >= 0.6 is 0 Å². The van der Waals surface area contributed by atoms with E-state index < -0.39 is 5.60 Å². The van der Waals surface area contributed by atoms with Crippen molar-refractivity contribution >= 4 is 5.78 Å². The molecule has 0 amide bonds. The van der Waals surface area contributed by atoms with Gasteiger partial charge in [0.15, 0.2) is 5.78 Å². The smallest absolute Gasteiger partial charge is 0.169 e. The zero-order valence-electron chi connectivity index (χ0n) is 7.98. The normalized spacial score (nSPS) is 11.7. The molecule has 0 aromatic carbocycles. The van der Waals surface area contributed by atoms with Gasteiger partial charge < -0.3 is 5.11 Å². The van der Waals surface area contributed by atoms with Crippen LogP contribution in [0.1, 0.15) is 19.5 Å². The van der Waals surface area contributed by atoms with E-state index >= 15 is 0 Å². The molecule has 5 nitrogen and oxygen atoms in total. The van der Waals surface area contributed by atoms with Gasteiger partial charge in [0.25, 0.3) is 0 Å². The molecule has 0 spiro atoms. The highest BCUT2D eigenvalue weighted by molar-refractivity contribution is 5.87. The van der Waals surface area contributed by atoms with Gasteiger partial charge in [-0.2, -0.15) is 0 Å². The van der Waals surface area contributed by atoms with E-state index in [4.69, 9.17) is 0 Å². The molecule has 0 radical (unpaired) electrons. The van der Waals surface area contributed by atoms with Crippen LogP contribution in [0.4, 0.5) is 0 Å². The molecule has 0 bridgehead atoms. The molecule has 0 atom stereocenters. The fourth-order valence-electron chi connectivity index (χ4n) is 0.857. The molecule has 5 heteroatoms. The number of ketones is 1. The zero-order chi connectivity index (χ0) is 10.1.